The lowest BCUT2D eigenvalue weighted by molar-refractivity contribution is 0.0919. The predicted octanol–water partition coefficient (Wildman–Crippen LogP) is 2.00. The maximum Gasteiger partial charge on any atom is 0.269 e. The van der Waals surface area contributed by atoms with Gasteiger partial charge in [0.1, 0.15) is 5.69 Å². The molecule has 0 aromatic carbocycles. The highest BCUT2D eigenvalue weighted by atomic mass is 16.2. The number of pyridine rings is 1. The van der Waals surface area contributed by atoms with Crippen molar-refractivity contribution in [2.24, 2.45) is 5.92 Å². The van der Waals surface area contributed by atoms with E-state index in [4.69, 9.17) is 0 Å². The van der Waals surface area contributed by atoms with Crippen LogP contribution in [0.3, 0.4) is 0 Å². The molecule has 5 nitrogen and oxygen atoms in total. The Morgan fingerprint density at radius 2 is 1.90 bits per heavy atom. The summed E-state index contributed by atoms with van der Waals surface area (Å²) in [6.07, 6.45) is 1.47. The first-order chi connectivity index (χ1) is 9.19. The van der Waals surface area contributed by atoms with Crippen LogP contribution in [0.2, 0.25) is 0 Å². The van der Waals surface area contributed by atoms with Crippen molar-refractivity contribution in [1.82, 2.24) is 15.6 Å². The summed E-state index contributed by atoms with van der Waals surface area (Å²) in [4.78, 5) is 27.9. The Hall–Kier alpha value is -1.91. The van der Waals surface area contributed by atoms with Gasteiger partial charge in [-0.2, -0.15) is 0 Å². The molecule has 1 rings (SSSR count). The molecule has 110 valence electrons. The van der Waals surface area contributed by atoms with Gasteiger partial charge in [-0.1, -0.05) is 13.8 Å². The van der Waals surface area contributed by atoms with Gasteiger partial charge in [-0.25, -0.2) is 0 Å². The van der Waals surface area contributed by atoms with Crippen LogP contribution in [-0.4, -0.2) is 28.9 Å². The van der Waals surface area contributed by atoms with E-state index in [0.717, 1.165) is 0 Å². The van der Waals surface area contributed by atoms with E-state index in [1.807, 2.05) is 34.6 Å². The van der Waals surface area contributed by atoms with Crippen LogP contribution in [-0.2, 0) is 0 Å². The molecule has 0 aliphatic carbocycles. The van der Waals surface area contributed by atoms with Crippen LogP contribution in [0.4, 0.5) is 0 Å². The predicted molar refractivity (Wildman–Crippen MR) is 78.6 cm³/mol. The molecule has 20 heavy (non-hydrogen) atoms. The van der Waals surface area contributed by atoms with Gasteiger partial charge in [0.15, 0.2) is 0 Å². The Bertz CT molecular complexity index is 490. The van der Waals surface area contributed by atoms with Gasteiger partial charge >= 0.3 is 0 Å². The second-order valence-electron chi connectivity index (χ2n) is 6.24. The molecule has 1 heterocycles. The fraction of sp³-hybridized carbons (Fsp3) is 0.533. The van der Waals surface area contributed by atoms with Crippen molar-refractivity contribution < 1.29 is 9.59 Å². The summed E-state index contributed by atoms with van der Waals surface area (Å²) in [5, 5.41) is 5.63. The van der Waals surface area contributed by atoms with Crippen molar-refractivity contribution in [3.05, 3.63) is 29.6 Å². The molecule has 0 aliphatic heterocycles. The zero-order valence-corrected chi connectivity index (χ0v) is 12.8. The fourth-order valence-corrected chi connectivity index (χ4v) is 1.50. The Kier molecular flexibility index (Phi) is 5.25. The van der Waals surface area contributed by atoms with Crippen LogP contribution >= 0.6 is 0 Å². The zero-order chi connectivity index (χ0) is 15.3. The molecule has 1 aromatic rings. The molecule has 1 aromatic heterocycles. The largest absolute Gasteiger partial charge is 0.350 e. The third-order valence-electron chi connectivity index (χ3n) is 2.41. The van der Waals surface area contributed by atoms with Crippen LogP contribution < -0.4 is 10.6 Å². The standard InChI is InChI=1S/C15H23N3O2/c1-10(2)9-17-14(20)12-8-11(6-7-16-12)13(19)18-15(3,4)5/h6-8,10H,9H2,1-5H3,(H,17,20)(H,18,19). The summed E-state index contributed by atoms with van der Waals surface area (Å²) in [7, 11) is 0. The summed E-state index contributed by atoms with van der Waals surface area (Å²) >= 11 is 0. The van der Waals surface area contributed by atoms with Gasteiger partial charge in [-0.3, -0.25) is 14.6 Å². The van der Waals surface area contributed by atoms with Crippen LogP contribution in [0.5, 0.6) is 0 Å². The third-order valence-corrected chi connectivity index (χ3v) is 2.41. The lowest BCUT2D eigenvalue weighted by Crippen LogP contribution is -2.40. The van der Waals surface area contributed by atoms with E-state index in [-0.39, 0.29) is 23.0 Å². The SMILES string of the molecule is CC(C)CNC(=O)c1cc(C(=O)NC(C)(C)C)ccn1. The van der Waals surface area contributed by atoms with E-state index in [1.54, 1.807) is 6.07 Å². The molecule has 0 saturated carbocycles. The molecule has 0 unspecified atom stereocenters. The Morgan fingerprint density at radius 1 is 1.25 bits per heavy atom. The van der Waals surface area contributed by atoms with E-state index in [9.17, 15) is 9.59 Å². The van der Waals surface area contributed by atoms with Crippen molar-refractivity contribution in [2.75, 3.05) is 6.54 Å². The second-order valence-corrected chi connectivity index (χ2v) is 6.24. The molecular weight excluding hydrogens is 254 g/mol. The van der Waals surface area contributed by atoms with Gasteiger partial charge in [-0.05, 0) is 38.8 Å². The highest BCUT2D eigenvalue weighted by Gasteiger charge is 2.17. The number of amides is 2. The number of hydrogen-bond acceptors (Lipinski definition) is 3. The van der Waals surface area contributed by atoms with Gasteiger partial charge in [0.05, 0.1) is 0 Å². The highest BCUT2D eigenvalue weighted by Crippen LogP contribution is 2.06. The Labute approximate surface area is 120 Å². The van der Waals surface area contributed by atoms with Gasteiger partial charge < -0.3 is 10.6 Å². The number of nitrogens with zero attached hydrogens (tertiary/aromatic N) is 1. The summed E-state index contributed by atoms with van der Waals surface area (Å²) < 4.78 is 0. The lowest BCUT2D eigenvalue weighted by Gasteiger charge is -2.20. The quantitative estimate of drug-likeness (QED) is 0.884. The molecule has 0 aliphatic rings. The molecule has 2 N–H and O–H groups in total. The number of carbonyl (C=O) groups is 2. The number of nitrogens with one attached hydrogen (secondary N) is 2. The van der Waals surface area contributed by atoms with Gasteiger partial charge in [0.25, 0.3) is 11.8 Å². The van der Waals surface area contributed by atoms with E-state index in [1.165, 1.54) is 12.3 Å². The number of carbonyl (C=O) groups excluding carboxylic acids is 2. The van der Waals surface area contributed by atoms with Gasteiger partial charge in [0, 0.05) is 23.8 Å². The minimum Gasteiger partial charge on any atom is -0.350 e. The first kappa shape index (κ1) is 16.1. The molecule has 0 radical (unpaired) electrons. The van der Waals surface area contributed by atoms with E-state index < -0.39 is 0 Å². The molecule has 2 amide bonds. The zero-order valence-electron chi connectivity index (χ0n) is 12.8. The van der Waals surface area contributed by atoms with E-state index >= 15 is 0 Å². The van der Waals surface area contributed by atoms with Crippen LogP contribution in [0.1, 0.15) is 55.5 Å². The molecule has 5 heteroatoms. The lowest BCUT2D eigenvalue weighted by atomic mass is 10.1. The topological polar surface area (TPSA) is 71.1 Å². The monoisotopic (exact) mass is 277 g/mol. The first-order valence-electron chi connectivity index (χ1n) is 6.76. The first-order valence-corrected chi connectivity index (χ1v) is 6.76. The summed E-state index contributed by atoms with van der Waals surface area (Å²) in [6.45, 7) is 10.3. The fourth-order valence-electron chi connectivity index (χ4n) is 1.50. The number of rotatable bonds is 4. The molecule has 0 saturated heterocycles. The molecule has 0 bridgehead atoms. The maximum atomic E-state index is 12.0. The number of aromatic nitrogens is 1. The Morgan fingerprint density at radius 3 is 2.45 bits per heavy atom. The van der Waals surface area contributed by atoms with E-state index in [2.05, 4.69) is 15.6 Å². The average Bonchev–Trinajstić information content (AvgIpc) is 2.34. The number of hydrogen-bond donors (Lipinski definition) is 2. The van der Waals surface area contributed by atoms with Crippen LogP contribution in [0.25, 0.3) is 0 Å². The van der Waals surface area contributed by atoms with Crippen molar-refractivity contribution in [2.45, 2.75) is 40.2 Å². The maximum absolute atomic E-state index is 12.0. The molecule has 0 spiro atoms. The molecular formula is C15H23N3O2. The van der Waals surface area contributed by atoms with Crippen molar-refractivity contribution in [3.8, 4) is 0 Å². The molecule has 0 fully saturated rings. The summed E-state index contributed by atoms with van der Waals surface area (Å²) in [6, 6.07) is 3.11. The average molecular weight is 277 g/mol. The highest BCUT2D eigenvalue weighted by molar-refractivity contribution is 5.98. The van der Waals surface area contributed by atoms with Crippen molar-refractivity contribution >= 4 is 11.8 Å². The minimum atomic E-state index is -0.319. The van der Waals surface area contributed by atoms with Crippen molar-refractivity contribution in [1.29, 1.82) is 0 Å². The van der Waals surface area contributed by atoms with Crippen LogP contribution in [0.15, 0.2) is 18.3 Å². The smallest absolute Gasteiger partial charge is 0.269 e. The third kappa shape index (κ3) is 5.38. The normalized spacial score (nSPS) is 11.3. The summed E-state index contributed by atoms with van der Waals surface area (Å²) in [5.74, 6) is -0.103. The summed E-state index contributed by atoms with van der Waals surface area (Å²) in [5.41, 5.74) is 0.372. The van der Waals surface area contributed by atoms with Gasteiger partial charge in [0.2, 0.25) is 0 Å². The second kappa shape index (κ2) is 6.50. The van der Waals surface area contributed by atoms with E-state index in [0.29, 0.717) is 18.0 Å². The Balaban J connectivity index is 2.80. The van der Waals surface area contributed by atoms with Crippen molar-refractivity contribution in [3.63, 3.8) is 0 Å². The minimum absolute atomic E-state index is 0.210. The van der Waals surface area contributed by atoms with Crippen LogP contribution in [0, 0.1) is 5.92 Å². The molecule has 0 atom stereocenters. The van der Waals surface area contributed by atoms with Gasteiger partial charge in [-0.15, -0.1) is 0 Å².